The Morgan fingerprint density at radius 2 is 2.45 bits per heavy atom. The van der Waals surface area contributed by atoms with Crippen LogP contribution in [-0.2, 0) is 13.2 Å². The summed E-state index contributed by atoms with van der Waals surface area (Å²) in [7, 11) is 0. The van der Waals surface area contributed by atoms with Crippen molar-refractivity contribution in [3.63, 3.8) is 0 Å². The van der Waals surface area contributed by atoms with Crippen LogP contribution in [0.5, 0.6) is 0 Å². The molecule has 1 aromatic heterocycles. The van der Waals surface area contributed by atoms with Gasteiger partial charge in [-0.15, -0.1) is 0 Å². The van der Waals surface area contributed by atoms with Gasteiger partial charge in [0.2, 0.25) is 0 Å². The number of hydrogen-bond acceptors (Lipinski definition) is 2. The van der Waals surface area contributed by atoms with Crippen molar-refractivity contribution in [2.45, 2.75) is 26.6 Å². The van der Waals surface area contributed by atoms with E-state index >= 15 is 0 Å². The molecule has 11 heavy (non-hydrogen) atoms. The first-order valence-corrected chi connectivity index (χ1v) is 3.49. The molecule has 4 nitrogen and oxygen atoms in total. The van der Waals surface area contributed by atoms with Gasteiger partial charge in [-0.1, -0.05) is 6.92 Å². The van der Waals surface area contributed by atoms with Gasteiger partial charge in [-0.05, 0) is 6.42 Å². The second-order valence-corrected chi connectivity index (χ2v) is 2.23. The number of hydrogen-bond donors (Lipinski definition) is 1. The highest BCUT2D eigenvalue weighted by Crippen LogP contribution is 1.94. The molecule has 0 unspecified atom stereocenters. The number of rotatable bonds is 3. The largest absolute Gasteiger partial charge is 0.343 e. The Morgan fingerprint density at radius 3 is 3.00 bits per heavy atom. The maximum absolute atomic E-state index is 12.1. The molecular weight excluding hydrogens is 149 g/mol. The lowest BCUT2D eigenvalue weighted by atomic mass is 10.5. The molecule has 0 atom stereocenters. The first-order chi connectivity index (χ1) is 5.29. The Hall–Kier alpha value is -1.13. The van der Waals surface area contributed by atoms with Gasteiger partial charge >= 0.3 is 5.69 Å². The van der Waals surface area contributed by atoms with E-state index in [2.05, 4.69) is 10.2 Å². The standard InChI is InChI=1S/C6H10FN3O/c1-2-3-10-5(4-7)8-9-6(10)11/h2-4H2,1H3,(H,9,11). The van der Waals surface area contributed by atoms with E-state index in [1.807, 2.05) is 6.92 Å². The quantitative estimate of drug-likeness (QED) is 0.696. The second kappa shape index (κ2) is 3.32. The third-order valence-corrected chi connectivity index (χ3v) is 1.40. The topological polar surface area (TPSA) is 50.7 Å². The number of nitrogens with zero attached hydrogens (tertiary/aromatic N) is 2. The van der Waals surface area contributed by atoms with Gasteiger partial charge in [-0.3, -0.25) is 4.57 Å². The van der Waals surface area contributed by atoms with Crippen LogP contribution in [0.15, 0.2) is 4.79 Å². The third-order valence-electron chi connectivity index (χ3n) is 1.40. The van der Waals surface area contributed by atoms with Gasteiger partial charge in [0.1, 0.15) is 6.67 Å². The van der Waals surface area contributed by atoms with Gasteiger partial charge in [0, 0.05) is 6.54 Å². The van der Waals surface area contributed by atoms with E-state index in [9.17, 15) is 9.18 Å². The fraction of sp³-hybridized carbons (Fsp3) is 0.667. The van der Waals surface area contributed by atoms with Gasteiger partial charge in [0.15, 0.2) is 5.82 Å². The molecule has 0 saturated heterocycles. The van der Waals surface area contributed by atoms with Crippen molar-refractivity contribution in [2.24, 2.45) is 0 Å². The van der Waals surface area contributed by atoms with E-state index in [1.165, 1.54) is 4.57 Å². The Labute approximate surface area is 63.0 Å². The van der Waals surface area contributed by atoms with Gasteiger partial charge in [-0.2, -0.15) is 5.10 Å². The molecule has 1 heterocycles. The molecule has 0 aliphatic rings. The summed E-state index contributed by atoms with van der Waals surface area (Å²) in [6.07, 6.45) is 0.798. The van der Waals surface area contributed by atoms with E-state index in [1.54, 1.807) is 0 Å². The van der Waals surface area contributed by atoms with Crippen molar-refractivity contribution >= 4 is 0 Å². The molecule has 0 radical (unpaired) electrons. The molecule has 1 N–H and O–H groups in total. The fourth-order valence-electron chi connectivity index (χ4n) is 0.907. The van der Waals surface area contributed by atoms with Crippen LogP contribution in [0.3, 0.4) is 0 Å². The number of halogens is 1. The molecule has 0 amide bonds. The van der Waals surface area contributed by atoms with E-state index in [-0.39, 0.29) is 11.5 Å². The highest BCUT2D eigenvalue weighted by molar-refractivity contribution is 4.82. The lowest BCUT2D eigenvalue weighted by Crippen LogP contribution is -2.18. The van der Waals surface area contributed by atoms with Crippen LogP contribution in [-0.4, -0.2) is 14.8 Å². The number of aromatic amines is 1. The fourth-order valence-corrected chi connectivity index (χ4v) is 0.907. The van der Waals surface area contributed by atoms with E-state index < -0.39 is 6.67 Å². The van der Waals surface area contributed by atoms with Crippen molar-refractivity contribution < 1.29 is 4.39 Å². The Morgan fingerprint density at radius 1 is 1.73 bits per heavy atom. The van der Waals surface area contributed by atoms with Gasteiger partial charge < -0.3 is 0 Å². The Balaban J connectivity index is 2.97. The first kappa shape index (κ1) is 7.97. The zero-order valence-electron chi connectivity index (χ0n) is 6.30. The van der Waals surface area contributed by atoms with Crippen LogP contribution < -0.4 is 5.69 Å². The number of aromatic nitrogens is 3. The van der Waals surface area contributed by atoms with Crippen molar-refractivity contribution in [2.75, 3.05) is 0 Å². The smallest absolute Gasteiger partial charge is 0.277 e. The van der Waals surface area contributed by atoms with Gasteiger partial charge in [-0.25, -0.2) is 14.3 Å². The van der Waals surface area contributed by atoms with Crippen LogP contribution in [0.1, 0.15) is 19.2 Å². The molecule has 0 aromatic carbocycles. The normalized spacial score (nSPS) is 10.4. The molecule has 1 aromatic rings. The average molecular weight is 159 g/mol. The van der Waals surface area contributed by atoms with E-state index in [0.717, 1.165) is 6.42 Å². The predicted molar refractivity (Wildman–Crippen MR) is 38.0 cm³/mol. The molecule has 0 spiro atoms. The maximum Gasteiger partial charge on any atom is 0.343 e. The van der Waals surface area contributed by atoms with Crippen molar-refractivity contribution in [3.05, 3.63) is 16.3 Å². The zero-order chi connectivity index (χ0) is 8.27. The minimum absolute atomic E-state index is 0.178. The summed E-state index contributed by atoms with van der Waals surface area (Å²) >= 11 is 0. The average Bonchev–Trinajstić information content (AvgIpc) is 2.34. The molecule has 0 aliphatic carbocycles. The van der Waals surface area contributed by atoms with E-state index in [0.29, 0.717) is 6.54 Å². The highest BCUT2D eigenvalue weighted by atomic mass is 19.1. The predicted octanol–water partition coefficient (Wildman–Crippen LogP) is 0.451. The summed E-state index contributed by atoms with van der Waals surface area (Å²) in [5, 5.41) is 5.69. The molecule has 0 saturated carbocycles. The number of nitrogens with one attached hydrogen (secondary N) is 1. The second-order valence-electron chi connectivity index (χ2n) is 2.23. The number of H-pyrrole nitrogens is 1. The van der Waals surface area contributed by atoms with Crippen molar-refractivity contribution in [1.82, 2.24) is 14.8 Å². The summed E-state index contributed by atoms with van der Waals surface area (Å²) in [5.41, 5.74) is -0.334. The molecule has 0 aliphatic heterocycles. The van der Waals surface area contributed by atoms with E-state index in [4.69, 9.17) is 0 Å². The summed E-state index contributed by atoms with van der Waals surface area (Å²) < 4.78 is 13.4. The lowest BCUT2D eigenvalue weighted by molar-refractivity contribution is 0.442. The Kier molecular flexibility index (Phi) is 2.40. The van der Waals surface area contributed by atoms with Gasteiger partial charge in [0.05, 0.1) is 0 Å². The van der Waals surface area contributed by atoms with Crippen LogP contribution in [0.4, 0.5) is 4.39 Å². The highest BCUT2D eigenvalue weighted by Gasteiger charge is 2.04. The molecule has 0 bridgehead atoms. The van der Waals surface area contributed by atoms with Crippen molar-refractivity contribution in [3.8, 4) is 0 Å². The van der Waals surface area contributed by atoms with Crippen LogP contribution >= 0.6 is 0 Å². The monoisotopic (exact) mass is 159 g/mol. The van der Waals surface area contributed by atoms with Gasteiger partial charge in [0.25, 0.3) is 0 Å². The number of alkyl halides is 1. The summed E-state index contributed by atoms with van der Waals surface area (Å²) in [6.45, 7) is 1.74. The summed E-state index contributed by atoms with van der Waals surface area (Å²) in [6, 6.07) is 0. The molecule has 0 fully saturated rings. The molecule has 1 rings (SSSR count). The van der Waals surface area contributed by atoms with Crippen LogP contribution in [0.25, 0.3) is 0 Å². The molecule has 62 valence electrons. The SMILES string of the molecule is CCCn1c(CF)n[nH]c1=O. The zero-order valence-corrected chi connectivity index (χ0v) is 6.30. The van der Waals surface area contributed by atoms with Crippen molar-refractivity contribution in [1.29, 1.82) is 0 Å². The summed E-state index contributed by atoms with van der Waals surface area (Å²) in [4.78, 5) is 10.9. The minimum Gasteiger partial charge on any atom is -0.277 e. The first-order valence-electron chi connectivity index (χ1n) is 3.49. The minimum atomic E-state index is -0.696. The maximum atomic E-state index is 12.1. The molecular formula is C6H10FN3O. The molecule has 5 heteroatoms. The Bertz CT molecular complexity index is 278. The van der Waals surface area contributed by atoms with Crippen LogP contribution in [0.2, 0.25) is 0 Å². The summed E-state index contributed by atoms with van der Waals surface area (Å²) in [5.74, 6) is 0.178. The third kappa shape index (κ3) is 1.47. The van der Waals surface area contributed by atoms with Crippen LogP contribution in [0, 0.1) is 0 Å². The lowest BCUT2D eigenvalue weighted by Gasteiger charge is -1.97.